The maximum absolute atomic E-state index is 3.71. The Labute approximate surface area is 119 Å². The van der Waals surface area contributed by atoms with Gasteiger partial charge in [0.05, 0.1) is 0 Å². The van der Waals surface area contributed by atoms with E-state index in [1.807, 2.05) is 0 Å². The molecule has 1 unspecified atom stereocenters. The molecule has 0 amide bonds. The lowest BCUT2D eigenvalue weighted by Crippen LogP contribution is -2.28. The Kier molecular flexibility index (Phi) is 5.25. The maximum Gasteiger partial charge on any atom is 0.0178 e. The van der Waals surface area contributed by atoms with Gasteiger partial charge in [-0.2, -0.15) is 0 Å². The summed E-state index contributed by atoms with van der Waals surface area (Å²) in [5.74, 6) is 1.43. The van der Waals surface area contributed by atoms with Crippen molar-refractivity contribution in [1.82, 2.24) is 5.32 Å². The monoisotopic (exact) mass is 309 g/mol. The number of rotatable bonds is 7. The molecule has 1 aromatic rings. The fourth-order valence-electron chi connectivity index (χ4n) is 2.73. The number of benzene rings is 1. The Morgan fingerprint density at radius 2 is 2.00 bits per heavy atom. The summed E-state index contributed by atoms with van der Waals surface area (Å²) in [6, 6.07) is 9.64. The number of hydrogen-bond acceptors (Lipinski definition) is 1. The van der Waals surface area contributed by atoms with Crippen LogP contribution in [0.15, 0.2) is 28.7 Å². The zero-order chi connectivity index (χ0) is 13.0. The van der Waals surface area contributed by atoms with E-state index >= 15 is 0 Å². The van der Waals surface area contributed by atoms with Crippen molar-refractivity contribution in [2.24, 2.45) is 5.92 Å². The maximum atomic E-state index is 3.71. The Morgan fingerprint density at radius 1 is 1.28 bits per heavy atom. The van der Waals surface area contributed by atoms with Gasteiger partial charge in [0.25, 0.3) is 0 Å². The first-order valence-corrected chi connectivity index (χ1v) is 8.02. The van der Waals surface area contributed by atoms with E-state index in [2.05, 4.69) is 59.4 Å². The summed E-state index contributed by atoms with van der Waals surface area (Å²) in [4.78, 5) is 0. The van der Waals surface area contributed by atoms with Crippen LogP contribution >= 0.6 is 15.9 Å². The van der Waals surface area contributed by atoms with Gasteiger partial charge in [-0.1, -0.05) is 54.8 Å². The van der Waals surface area contributed by atoms with E-state index < -0.39 is 0 Å². The van der Waals surface area contributed by atoms with Gasteiger partial charge >= 0.3 is 0 Å². The smallest absolute Gasteiger partial charge is 0.0178 e. The second-order valence-electron chi connectivity index (χ2n) is 5.42. The molecule has 0 radical (unpaired) electrons. The molecule has 1 N–H and O–H groups in total. The van der Waals surface area contributed by atoms with Gasteiger partial charge < -0.3 is 5.32 Å². The third-order valence-corrected chi connectivity index (χ3v) is 4.59. The van der Waals surface area contributed by atoms with Crippen LogP contribution in [0, 0.1) is 5.92 Å². The van der Waals surface area contributed by atoms with Crippen molar-refractivity contribution in [3.63, 3.8) is 0 Å². The average Bonchev–Trinajstić information content (AvgIpc) is 3.18. The average molecular weight is 310 g/mol. The van der Waals surface area contributed by atoms with Crippen molar-refractivity contribution >= 4 is 15.9 Å². The van der Waals surface area contributed by atoms with E-state index in [1.165, 1.54) is 35.7 Å². The van der Waals surface area contributed by atoms with Crippen LogP contribution in [0.5, 0.6) is 0 Å². The van der Waals surface area contributed by atoms with Crippen molar-refractivity contribution < 1.29 is 0 Å². The lowest BCUT2D eigenvalue weighted by atomic mass is 9.82. The lowest BCUT2D eigenvalue weighted by Gasteiger charge is -2.26. The summed E-state index contributed by atoms with van der Waals surface area (Å²) in [6.07, 6.45) is 5.27. The molecular formula is C16H24BrN. The zero-order valence-electron chi connectivity index (χ0n) is 11.5. The lowest BCUT2D eigenvalue weighted by molar-refractivity contribution is 0.379. The molecule has 1 fully saturated rings. The minimum atomic E-state index is 0.651. The summed E-state index contributed by atoms with van der Waals surface area (Å²) >= 11 is 3.60. The first-order chi connectivity index (χ1) is 8.74. The predicted octanol–water partition coefficient (Wildman–Crippen LogP) is 4.72. The van der Waals surface area contributed by atoms with Crippen LogP contribution in [-0.4, -0.2) is 12.6 Å². The SMILES string of the molecule is CCC(CC)C(CNC1CC1)c1cccc(Br)c1. The first kappa shape index (κ1) is 14.1. The van der Waals surface area contributed by atoms with Gasteiger partial charge in [0, 0.05) is 17.1 Å². The fraction of sp³-hybridized carbons (Fsp3) is 0.625. The minimum absolute atomic E-state index is 0.651. The molecular weight excluding hydrogens is 286 g/mol. The molecule has 0 heterocycles. The van der Waals surface area contributed by atoms with E-state index in [0.29, 0.717) is 5.92 Å². The number of nitrogens with one attached hydrogen (secondary N) is 1. The molecule has 2 rings (SSSR count). The largest absolute Gasteiger partial charge is 0.313 e. The number of halogens is 1. The van der Waals surface area contributed by atoms with Crippen LogP contribution in [0.3, 0.4) is 0 Å². The van der Waals surface area contributed by atoms with Crippen LogP contribution < -0.4 is 5.32 Å². The summed E-state index contributed by atoms with van der Waals surface area (Å²) in [5, 5.41) is 3.71. The van der Waals surface area contributed by atoms with Crippen molar-refractivity contribution in [3.8, 4) is 0 Å². The van der Waals surface area contributed by atoms with E-state index in [4.69, 9.17) is 0 Å². The van der Waals surface area contributed by atoms with Gasteiger partial charge in [-0.15, -0.1) is 0 Å². The van der Waals surface area contributed by atoms with Gasteiger partial charge in [0.2, 0.25) is 0 Å². The van der Waals surface area contributed by atoms with E-state index in [-0.39, 0.29) is 0 Å². The molecule has 1 aliphatic carbocycles. The highest BCUT2D eigenvalue weighted by molar-refractivity contribution is 9.10. The molecule has 0 bridgehead atoms. The van der Waals surface area contributed by atoms with Crippen molar-refractivity contribution in [2.45, 2.75) is 51.5 Å². The predicted molar refractivity (Wildman–Crippen MR) is 82.0 cm³/mol. The molecule has 0 aliphatic heterocycles. The van der Waals surface area contributed by atoms with Gasteiger partial charge in [0.15, 0.2) is 0 Å². The third-order valence-electron chi connectivity index (χ3n) is 4.10. The van der Waals surface area contributed by atoms with Crippen LogP contribution in [0.4, 0.5) is 0 Å². The summed E-state index contributed by atoms with van der Waals surface area (Å²) < 4.78 is 1.20. The van der Waals surface area contributed by atoms with Crippen LogP contribution in [0.1, 0.15) is 51.0 Å². The van der Waals surface area contributed by atoms with Crippen molar-refractivity contribution in [1.29, 1.82) is 0 Å². The molecule has 1 aliphatic rings. The molecule has 1 nitrogen and oxygen atoms in total. The zero-order valence-corrected chi connectivity index (χ0v) is 13.0. The van der Waals surface area contributed by atoms with Gasteiger partial charge in [0.1, 0.15) is 0 Å². The highest BCUT2D eigenvalue weighted by Gasteiger charge is 2.25. The Bertz CT molecular complexity index is 369. The molecule has 1 atom stereocenters. The molecule has 0 spiro atoms. The van der Waals surface area contributed by atoms with Gasteiger partial charge in [-0.05, 0) is 42.4 Å². The Morgan fingerprint density at radius 3 is 2.56 bits per heavy atom. The van der Waals surface area contributed by atoms with Crippen molar-refractivity contribution in [2.75, 3.05) is 6.54 Å². The molecule has 0 aromatic heterocycles. The first-order valence-electron chi connectivity index (χ1n) is 7.23. The molecule has 1 saturated carbocycles. The highest BCUT2D eigenvalue weighted by Crippen LogP contribution is 2.31. The van der Waals surface area contributed by atoms with Crippen LogP contribution in [0.2, 0.25) is 0 Å². The second-order valence-corrected chi connectivity index (χ2v) is 6.34. The van der Waals surface area contributed by atoms with E-state index in [1.54, 1.807) is 0 Å². The fourth-order valence-corrected chi connectivity index (χ4v) is 3.15. The standard InChI is InChI=1S/C16H24BrN/c1-3-12(4-2)16(11-18-15-8-9-15)13-6-5-7-14(17)10-13/h5-7,10,12,15-16,18H,3-4,8-9,11H2,1-2H3. The van der Waals surface area contributed by atoms with Gasteiger partial charge in [-0.3, -0.25) is 0 Å². The molecule has 2 heteroatoms. The van der Waals surface area contributed by atoms with Crippen molar-refractivity contribution in [3.05, 3.63) is 34.3 Å². The molecule has 0 saturated heterocycles. The quantitative estimate of drug-likeness (QED) is 0.768. The van der Waals surface area contributed by atoms with E-state index in [0.717, 1.165) is 18.5 Å². The highest BCUT2D eigenvalue weighted by atomic mass is 79.9. The van der Waals surface area contributed by atoms with E-state index in [9.17, 15) is 0 Å². The Balaban J connectivity index is 2.10. The molecule has 100 valence electrons. The second kappa shape index (κ2) is 6.72. The van der Waals surface area contributed by atoms with Crippen LogP contribution in [0.25, 0.3) is 0 Å². The normalized spacial score (nSPS) is 17.1. The van der Waals surface area contributed by atoms with Gasteiger partial charge in [-0.25, -0.2) is 0 Å². The minimum Gasteiger partial charge on any atom is -0.313 e. The Hall–Kier alpha value is -0.340. The molecule has 18 heavy (non-hydrogen) atoms. The molecule has 1 aromatic carbocycles. The number of hydrogen-bond donors (Lipinski definition) is 1. The summed E-state index contributed by atoms with van der Waals surface area (Å²) in [7, 11) is 0. The summed E-state index contributed by atoms with van der Waals surface area (Å²) in [5.41, 5.74) is 1.48. The topological polar surface area (TPSA) is 12.0 Å². The van der Waals surface area contributed by atoms with Crippen LogP contribution in [-0.2, 0) is 0 Å². The summed E-state index contributed by atoms with van der Waals surface area (Å²) in [6.45, 7) is 5.76. The third kappa shape index (κ3) is 3.83.